The van der Waals surface area contributed by atoms with E-state index in [1.165, 1.54) is 18.3 Å². The maximum atomic E-state index is 13.5. The van der Waals surface area contributed by atoms with Crippen LogP contribution >= 0.6 is 11.3 Å². The summed E-state index contributed by atoms with van der Waals surface area (Å²) in [4.78, 5) is 25.1. The first-order valence-corrected chi connectivity index (χ1v) is 10.8. The molecule has 0 fully saturated rings. The van der Waals surface area contributed by atoms with Crippen molar-refractivity contribution in [2.24, 2.45) is 5.10 Å². The van der Waals surface area contributed by atoms with Gasteiger partial charge >= 0.3 is 23.9 Å². The van der Waals surface area contributed by atoms with E-state index in [1.54, 1.807) is 0 Å². The second kappa shape index (κ2) is 9.39. The van der Waals surface area contributed by atoms with E-state index in [2.05, 4.69) is 10.4 Å². The van der Waals surface area contributed by atoms with Crippen LogP contribution in [0.4, 0.5) is 30.7 Å². The number of carbonyl (C=O) groups is 2. The van der Waals surface area contributed by atoms with Gasteiger partial charge in [0, 0.05) is 29.0 Å². The van der Waals surface area contributed by atoms with Gasteiger partial charge < -0.3 is 9.73 Å². The van der Waals surface area contributed by atoms with Crippen LogP contribution in [-0.4, -0.2) is 42.1 Å². The summed E-state index contributed by atoms with van der Waals surface area (Å²) < 4.78 is 95.6. The lowest BCUT2D eigenvalue weighted by molar-refractivity contribution is -0.344. The van der Waals surface area contributed by atoms with E-state index < -0.39 is 29.8 Å². The number of hydrogen-bond donors (Lipinski definition) is 2. The number of hydrogen-bond acceptors (Lipinski definition) is 5. The third-order valence-electron chi connectivity index (χ3n) is 5.10. The second-order valence-corrected chi connectivity index (χ2v) is 8.47. The summed E-state index contributed by atoms with van der Waals surface area (Å²) in [5, 5.41) is 7.93. The fourth-order valence-electron chi connectivity index (χ4n) is 3.34. The zero-order valence-electron chi connectivity index (χ0n) is 17.5. The largest absolute Gasteiger partial charge is 0.460 e. The fourth-order valence-corrected chi connectivity index (χ4v) is 4.05. The summed E-state index contributed by atoms with van der Waals surface area (Å²) in [6.45, 7) is 1.79. The smallest absolute Gasteiger partial charge is 0.455 e. The number of carbonyl (C=O) groups excluding carboxylic acids is 2. The zero-order valence-corrected chi connectivity index (χ0v) is 18.3. The lowest BCUT2D eigenvalue weighted by Gasteiger charge is -2.26. The van der Waals surface area contributed by atoms with Crippen LogP contribution in [-0.2, 0) is 17.6 Å². The van der Waals surface area contributed by atoms with E-state index >= 15 is 0 Å². The summed E-state index contributed by atoms with van der Waals surface area (Å²) in [6, 6.07) is 3.77. The van der Waals surface area contributed by atoms with E-state index in [9.17, 15) is 40.3 Å². The Bertz CT molecular complexity index is 1090. The molecule has 14 heteroatoms. The van der Waals surface area contributed by atoms with E-state index in [0.717, 1.165) is 10.3 Å². The van der Waals surface area contributed by atoms with Gasteiger partial charge in [-0.15, -0.1) is 11.3 Å². The van der Waals surface area contributed by atoms with Crippen LogP contribution in [0.2, 0.25) is 0 Å². The van der Waals surface area contributed by atoms with Crippen molar-refractivity contribution in [2.75, 3.05) is 6.54 Å². The number of rotatable bonds is 7. The molecular formula is C20H18F7N3O3S. The topological polar surface area (TPSA) is 83.7 Å². The Labute approximate surface area is 192 Å². The van der Waals surface area contributed by atoms with Crippen LogP contribution in [0.25, 0.3) is 0 Å². The average Bonchev–Trinajstić information content (AvgIpc) is 3.39. The molecule has 2 aromatic heterocycles. The van der Waals surface area contributed by atoms with Gasteiger partial charge in [0.25, 0.3) is 5.91 Å². The molecule has 0 aliphatic heterocycles. The van der Waals surface area contributed by atoms with Crippen molar-refractivity contribution in [3.63, 3.8) is 0 Å². The molecule has 0 saturated carbocycles. The van der Waals surface area contributed by atoms with Gasteiger partial charge in [0.2, 0.25) is 0 Å². The number of furan rings is 1. The molecule has 1 aliphatic carbocycles. The Hall–Kier alpha value is -2.90. The number of hydrazone groups is 1. The van der Waals surface area contributed by atoms with Gasteiger partial charge in [0.15, 0.2) is 5.76 Å². The van der Waals surface area contributed by atoms with Gasteiger partial charge in [-0.3, -0.25) is 9.59 Å². The van der Waals surface area contributed by atoms with Crippen LogP contribution < -0.4 is 10.7 Å². The Morgan fingerprint density at radius 3 is 2.47 bits per heavy atom. The Kier molecular flexibility index (Phi) is 7.10. The molecule has 0 unspecified atom stereocenters. The minimum absolute atomic E-state index is 0.0777. The quantitative estimate of drug-likeness (QED) is 0.419. The number of amides is 2. The molecule has 2 N–H and O–H groups in total. The van der Waals surface area contributed by atoms with Crippen LogP contribution in [0.1, 0.15) is 45.2 Å². The maximum Gasteiger partial charge on any atom is 0.460 e. The van der Waals surface area contributed by atoms with Gasteiger partial charge in [-0.2, -0.15) is 35.8 Å². The van der Waals surface area contributed by atoms with E-state index in [0.29, 0.717) is 25.8 Å². The number of nitrogens with zero attached hydrogens (tertiary/aromatic N) is 1. The summed E-state index contributed by atoms with van der Waals surface area (Å²) in [5.41, 5.74) is 1.50. The molecule has 0 radical (unpaired) electrons. The number of thiophene rings is 1. The molecule has 2 aromatic rings. The van der Waals surface area contributed by atoms with Crippen LogP contribution in [0, 0.1) is 6.92 Å². The number of nitrogens with one attached hydrogen (secondary N) is 2. The third kappa shape index (κ3) is 4.81. The van der Waals surface area contributed by atoms with Crippen LogP contribution in [0.3, 0.4) is 0 Å². The summed E-state index contributed by atoms with van der Waals surface area (Å²) in [6.07, 6.45) is -5.30. The standard InChI is InChI=1S/C20H18F7N3O3S/c1-10-14-12(29-30-17(32)18(21,22)19(23,24)20(25,26)27)5-2-6-13(14)33-15(10)16(31)28-8-7-11-4-3-9-34-11/h3-4,9H,2,5-8H2,1H3,(H,28,31)(H,30,32)/b29-12+. The van der Waals surface area contributed by atoms with Crippen molar-refractivity contribution in [1.82, 2.24) is 10.7 Å². The molecule has 186 valence electrons. The van der Waals surface area contributed by atoms with Gasteiger partial charge in [0.1, 0.15) is 5.76 Å². The molecule has 6 nitrogen and oxygen atoms in total. The SMILES string of the molecule is Cc1c(C(=O)NCCc2cccs2)oc2c1/C(=N/NC(=O)C(F)(F)C(F)(F)C(F)(F)F)CCC2. The lowest BCUT2D eigenvalue weighted by Crippen LogP contribution is -2.58. The van der Waals surface area contributed by atoms with E-state index in [4.69, 9.17) is 4.42 Å². The molecule has 34 heavy (non-hydrogen) atoms. The molecule has 0 atom stereocenters. The van der Waals surface area contributed by atoms with Crippen molar-refractivity contribution < 1.29 is 44.7 Å². The monoisotopic (exact) mass is 513 g/mol. The molecular weight excluding hydrogens is 495 g/mol. The minimum atomic E-state index is -6.65. The molecule has 0 bridgehead atoms. The highest BCUT2D eigenvalue weighted by Crippen LogP contribution is 2.46. The normalized spacial score (nSPS) is 15.8. The molecule has 0 spiro atoms. The fraction of sp³-hybridized carbons (Fsp3) is 0.450. The van der Waals surface area contributed by atoms with Gasteiger partial charge in [0.05, 0.1) is 5.71 Å². The van der Waals surface area contributed by atoms with Gasteiger partial charge in [-0.05, 0) is 37.6 Å². The lowest BCUT2D eigenvalue weighted by atomic mass is 9.93. The number of aryl methyl sites for hydroxylation is 1. The predicted octanol–water partition coefficient (Wildman–Crippen LogP) is 4.61. The van der Waals surface area contributed by atoms with Crippen molar-refractivity contribution in [2.45, 2.75) is 50.6 Å². The second-order valence-electron chi connectivity index (χ2n) is 7.44. The molecule has 2 heterocycles. The van der Waals surface area contributed by atoms with Gasteiger partial charge in [-0.1, -0.05) is 6.07 Å². The first-order chi connectivity index (χ1) is 15.8. The Morgan fingerprint density at radius 1 is 1.15 bits per heavy atom. The first kappa shape index (κ1) is 25.7. The van der Waals surface area contributed by atoms with E-state index in [-0.39, 0.29) is 34.8 Å². The highest BCUT2D eigenvalue weighted by molar-refractivity contribution is 7.09. The molecule has 1 aliphatic rings. The average molecular weight is 513 g/mol. The van der Waals surface area contributed by atoms with Gasteiger partial charge in [-0.25, -0.2) is 5.43 Å². The van der Waals surface area contributed by atoms with Crippen molar-refractivity contribution in [3.8, 4) is 0 Å². The maximum absolute atomic E-state index is 13.5. The first-order valence-electron chi connectivity index (χ1n) is 9.90. The zero-order chi connectivity index (χ0) is 25.3. The molecule has 2 amide bonds. The van der Waals surface area contributed by atoms with E-state index in [1.807, 2.05) is 17.5 Å². The minimum Gasteiger partial charge on any atom is -0.455 e. The van der Waals surface area contributed by atoms with Crippen molar-refractivity contribution >= 4 is 28.9 Å². The van der Waals surface area contributed by atoms with Crippen LogP contribution in [0.5, 0.6) is 0 Å². The molecule has 0 aromatic carbocycles. The summed E-state index contributed by atoms with van der Waals surface area (Å²) >= 11 is 1.52. The Balaban J connectivity index is 1.76. The van der Waals surface area contributed by atoms with Crippen molar-refractivity contribution in [1.29, 1.82) is 0 Å². The highest BCUT2D eigenvalue weighted by atomic mass is 32.1. The number of fused-ring (bicyclic) bond motifs is 1. The molecule has 0 saturated heterocycles. The third-order valence-corrected chi connectivity index (χ3v) is 6.03. The summed E-state index contributed by atoms with van der Waals surface area (Å²) in [5.74, 6) is -16.0. The Morgan fingerprint density at radius 2 is 1.85 bits per heavy atom. The highest BCUT2D eigenvalue weighted by Gasteiger charge is 2.76. The van der Waals surface area contributed by atoms with Crippen molar-refractivity contribution in [3.05, 3.63) is 45.0 Å². The number of halogens is 7. The van der Waals surface area contributed by atoms with Crippen LogP contribution in [0.15, 0.2) is 27.0 Å². The predicted molar refractivity (Wildman–Crippen MR) is 107 cm³/mol. The number of alkyl halides is 7. The summed E-state index contributed by atoms with van der Waals surface area (Å²) in [7, 11) is 0. The molecule has 3 rings (SSSR count).